The molecule has 0 radical (unpaired) electrons. The van der Waals surface area contributed by atoms with Crippen molar-refractivity contribution in [2.24, 2.45) is 0 Å². The Morgan fingerprint density at radius 2 is 1.94 bits per heavy atom. The summed E-state index contributed by atoms with van der Waals surface area (Å²) in [6.07, 6.45) is 0.0385. The Bertz CT molecular complexity index is 401. The van der Waals surface area contributed by atoms with Gasteiger partial charge in [-0.05, 0) is 32.5 Å². The Morgan fingerprint density at radius 3 is 2.44 bits per heavy atom. The van der Waals surface area contributed by atoms with Crippen molar-refractivity contribution in [3.63, 3.8) is 0 Å². The molecule has 0 aliphatic carbocycles. The molecule has 0 spiro atoms. The molecule has 1 aromatic carbocycles. The van der Waals surface area contributed by atoms with Crippen molar-refractivity contribution < 1.29 is 18.7 Å². The number of aliphatic hydroxyl groups is 1. The second-order valence-corrected chi connectivity index (χ2v) is 4.40. The van der Waals surface area contributed by atoms with Crippen molar-refractivity contribution in [2.45, 2.75) is 19.4 Å². The zero-order chi connectivity index (χ0) is 13.7. The first-order chi connectivity index (χ1) is 8.41. The number of halogens is 2. The maximum absolute atomic E-state index is 13.3. The number of rotatable bonds is 6. The maximum atomic E-state index is 13.3. The molecular formula is C13H17F2NO2. The molecule has 1 aromatic rings. The Morgan fingerprint density at radius 1 is 1.39 bits per heavy atom. The smallest absolute Gasteiger partial charge is 0.182 e. The van der Waals surface area contributed by atoms with Crippen molar-refractivity contribution in [2.75, 3.05) is 20.1 Å². The first-order valence-corrected chi connectivity index (χ1v) is 5.75. The van der Waals surface area contributed by atoms with Gasteiger partial charge in [0.25, 0.3) is 0 Å². The summed E-state index contributed by atoms with van der Waals surface area (Å²) >= 11 is 0. The summed E-state index contributed by atoms with van der Waals surface area (Å²) in [5.41, 5.74) is -0.499. The van der Waals surface area contributed by atoms with Crippen LogP contribution in [0.25, 0.3) is 0 Å². The highest BCUT2D eigenvalue weighted by molar-refractivity contribution is 5.98. The van der Waals surface area contributed by atoms with Crippen LogP contribution >= 0.6 is 0 Å². The number of Topliss-reactive ketones (excluding diaryl/α,β-unsaturated/α-hetero) is 1. The lowest BCUT2D eigenvalue weighted by Gasteiger charge is -2.16. The molecular weight excluding hydrogens is 240 g/mol. The molecule has 1 rings (SSSR count). The second-order valence-electron chi connectivity index (χ2n) is 4.40. The highest BCUT2D eigenvalue weighted by Gasteiger charge is 2.18. The van der Waals surface area contributed by atoms with E-state index < -0.39 is 29.1 Å². The monoisotopic (exact) mass is 257 g/mol. The van der Waals surface area contributed by atoms with Gasteiger partial charge in [-0.15, -0.1) is 0 Å². The fourth-order valence-electron chi connectivity index (χ4n) is 1.57. The van der Waals surface area contributed by atoms with Gasteiger partial charge in [-0.3, -0.25) is 9.69 Å². The molecule has 3 nitrogen and oxygen atoms in total. The summed E-state index contributed by atoms with van der Waals surface area (Å²) in [5, 5.41) is 9.11. The van der Waals surface area contributed by atoms with Gasteiger partial charge >= 0.3 is 0 Å². The van der Waals surface area contributed by atoms with Crippen LogP contribution in [0.4, 0.5) is 8.78 Å². The Hall–Kier alpha value is -1.33. The van der Waals surface area contributed by atoms with E-state index in [2.05, 4.69) is 0 Å². The molecule has 5 heteroatoms. The third kappa shape index (κ3) is 4.16. The predicted molar refractivity (Wildman–Crippen MR) is 64.5 cm³/mol. The van der Waals surface area contributed by atoms with Crippen LogP contribution in [0.3, 0.4) is 0 Å². The van der Waals surface area contributed by atoms with Gasteiger partial charge in [-0.1, -0.05) is 6.07 Å². The lowest BCUT2D eigenvalue weighted by Crippen LogP contribution is -2.29. The summed E-state index contributed by atoms with van der Waals surface area (Å²) < 4.78 is 26.7. The topological polar surface area (TPSA) is 40.5 Å². The lowest BCUT2D eigenvalue weighted by molar-refractivity contribution is 0.0923. The summed E-state index contributed by atoms with van der Waals surface area (Å²) in [4.78, 5) is 13.4. The summed E-state index contributed by atoms with van der Waals surface area (Å²) in [6.45, 7) is 2.05. The molecule has 0 fully saturated rings. The molecule has 100 valence electrons. The average molecular weight is 257 g/mol. The van der Waals surface area contributed by atoms with E-state index in [1.54, 1.807) is 18.9 Å². The van der Waals surface area contributed by atoms with Gasteiger partial charge in [0.2, 0.25) is 0 Å². The quantitative estimate of drug-likeness (QED) is 0.791. The fraction of sp³-hybridized carbons (Fsp3) is 0.462. The maximum Gasteiger partial charge on any atom is 0.182 e. The molecule has 0 saturated heterocycles. The van der Waals surface area contributed by atoms with E-state index in [9.17, 15) is 13.6 Å². The summed E-state index contributed by atoms with van der Waals surface area (Å²) in [5.74, 6) is -2.29. The molecule has 1 atom stereocenters. The number of ketones is 1. The first-order valence-electron chi connectivity index (χ1n) is 5.75. The normalized spacial score (nSPS) is 12.8. The number of benzene rings is 1. The molecule has 0 saturated carbocycles. The van der Waals surface area contributed by atoms with Crippen molar-refractivity contribution in [3.05, 3.63) is 35.4 Å². The number of hydrogen-bond donors (Lipinski definition) is 1. The largest absolute Gasteiger partial charge is 0.393 e. The molecule has 1 unspecified atom stereocenters. The van der Waals surface area contributed by atoms with Crippen LogP contribution in [0, 0.1) is 11.6 Å². The number of likely N-dealkylation sites (N-methyl/N-ethyl adjacent to an activating group) is 1. The molecule has 18 heavy (non-hydrogen) atoms. The SMILES string of the molecule is CC(O)CCN(C)CC(=O)c1c(F)cccc1F. The predicted octanol–water partition coefficient (Wildman–Crippen LogP) is 1.85. The van der Waals surface area contributed by atoms with Crippen LogP contribution in [0.5, 0.6) is 0 Å². The lowest BCUT2D eigenvalue weighted by atomic mass is 10.1. The Kier molecular flexibility index (Phi) is 5.37. The average Bonchev–Trinajstić information content (AvgIpc) is 2.26. The summed E-state index contributed by atoms with van der Waals surface area (Å²) in [6, 6.07) is 3.34. The van der Waals surface area contributed by atoms with Crippen LogP contribution in [0.15, 0.2) is 18.2 Å². The fourth-order valence-corrected chi connectivity index (χ4v) is 1.57. The first kappa shape index (κ1) is 14.7. The van der Waals surface area contributed by atoms with Crippen molar-refractivity contribution >= 4 is 5.78 Å². The highest BCUT2D eigenvalue weighted by Crippen LogP contribution is 2.13. The number of carbonyl (C=O) groups is 1. The van der Waals surface area contributed by atoms with Crippen molar-refractivity contribution in [1.29, 1.82) is 0 Å². The molecule has 1 N–H and O–H groups in total. The van der Waals surface area contributed by atoms with E-state index in [1.165, 1.54) is 6.07 Å². The van der Waals surface area contributed by atoms with Gasteiger partial charge in [-0.25, -0.2) is 8.78 Å². The van der Waals surface area contributed by atoms with Crippen molar-refractivity contribution in [3.8, 4) is 0 Å². The highest BCUT2D eigenvalue weighted by atomic mass is 19.1. The van der Waals surface area contributed by atoms with Crippen LogP contribution in [0.1, 0.15) is 23.7 Å². The minimum atomic E-state index is -0.844. The molecule has 0 aliphatic rings. The van der Waals surface area contributed by atoms with Crippen LogP contribution in [-0.2, 0) is 0 Å². The Labute approximate surface area is 105 Å². The van der Waals surface area contributed by atoms with Gasteiger partial charge in [0.1, 0.15) is 11.6 Å². The minimum Gasteiger partial charge on any atom is -0.393 e. The van der Waals surface area contributed by atoms with E-state index >= 15 is 0 Å². The van der Waals surface area contributed by atoms with E-state index in [1.807, 2.05) is 0 Å². The zero-order valence-corrected chi connectivity index (χ0v) is 10.5. The molecule has 0 aromatic heterocycles. The van der Waals surface area contributed by atoms with E-state index in [0.717, 1.165) is 12.1 Å². The third-order valence-corrected chi connectivity index (χ3v) is 2.58. The number of aliphatic hydroxyl groups excluding tert-OH is 1. The summed E-state index contributed by atoms with van der Waals surface area (Å²) in [7, 11) is 1.67. The van der Waals surface area contributed by atoms with Gasteiger partial charge in [0.05, 0.1) is 18.2 Å². The number of hydrogen-bond acceptors (Lipinski definition) is 3. The zero-order valence-electron chi connectivity index (χ0n) is 10.5. The molecule has 0 amide bonds. The molecule has 0 aliphatic heterocycles. The van der Waals surface area contributed by atoms with Crippen LogP contribution < -0.4 is 0 Å². The standard InChI is InChI=1S/C13H17F2NO2/c1-9(17)6-7-16(2)8-12(18)13-10(14)4-3-5-11(13)15/h3-5,9,17H,6-8H2,1-2H3. The third-order valence-electron chi connectivity index (χ3n) is 2.58. The van der Waals surface area contributed by atoms with Gasteiger partial charge < -0.3 is 5.11 Å². The van der Waals surface area contributed by atoms with Crippen molar-refractivity contribution in [1.82, 2.24) is 4.90 Å². The minimum absolute atomic E-state index is 0.0788. The van der Waals surface area contributed by atoms with Gasteiger partial charge in [-0.2, -0.15) is 0 Å². The van der Waals surface area contributed by atoms with Gasteiger partial charge in [0, 0.05) is 6.54 Å². The number of carbonyl (C=O) groups excluding carboxylic acids is 1. The van der Waals surface area contributed by atoms with Crippen LogP contribution in [-0.4, -0.2) is 42.0 Å². The van der Waals surface area contributed by atoms with E-state index in [-0.39, 0.29) is 6.54 Å². The second kappa shape index (κ2) is 6.56. The Balaban J connectivity index is 2.65. The molecule has 0 heterocycles. The molecule has 0 bridgehead atoms. The van der Waals surface area contributed by atoms with E-state index in [0.29, 0.717) is 13.0 Å². The van der Waals surface area contributed by atoms with E-state index in [4.69, 9.17) is 5.11 Å². The van der Waals surface area contributed by atoms with Crippen LogP contribution in [0.2, 0.25) is 0 Å². The number of nitrogens with zero attached hydrogens (tertiary/aromatic N) is 1. The van der Waals surface area contributed by atoms with Gasteiger partial charge in [0.15, 0.2) is 5.78 Å².